The number of amidine groups is 1. The summed E-state index contributed by atoms with van der Waals surface area (Å²) in [5, 5.41) is 68.7. The van der Waals surface area contributed by atoms with E-state index in [-0.39, 0.29) is 67.5 Å². The molecule has 4 aliphatic heterocycles. The Kier molecular flexibility index (Phi) is 22.0. The molecule has 85 heavy (non-hydrogen) atoms. The molecule has 2 unspecified atom stereocenters. The number of benzene rings is 4. The summed E-state index contributed by atoms with van der Waals surface area (Å²) in [6, 6.07) is 22.2. The minimum absolute atomic E-state index is 0.0390. The molecule has 2 amide bonds. The van der Waals surface area contributed by atoms with Gasteiger partial charge in [0.15, 0.2) is 17.7 Å². The first kappa shape index (κ1) is 62.1. The van der Waals surface area contributed by atoms with Crippen LogP contribution in [0.5, 0.6) is 23.0 Å². The zero-order valence-electron chi connectivity index (χ0n) is 47.1. The lowest BCUT2D eigenvalue weighted by atomic mass is 9.77. The number of hydrogen-bond acceptors (Lipinski definition) is 22. The molecule has 5 atom stereocenters. The number of hydrogen-bond donors (Lipinski definition) is 8. The average molecular weight is 1180 g/mol. The molecule has 5 aromatic rings. The second-order valence-corrected chi connectivity index (χ2v) is 20.4. The molecule has 1 spiro atoms. The number of esters is 1. The quantitative estimate of drug-likeness (QED) is 0.0163. The van der Waals surface area contributed by atoms with E-state index in [9.17, 15) is 39.9 Å². The van der Waals surface area contributed by atoms with Crippen molar-refractivity contribution < 1.29 is 87.3 Å². The lowest BCUT2D eigenvalue weighted by Gasteiger charge is -2.36. The molecule has 0 radical (unpaired) electrons. The number of aliphatic hydroxyl groups excluding tert-OH is 3. The van der Waals surface area contributed by atoms with Crippen molar-refractivity contribution in [3.63, 3.8) is 0 Å². The zero-order chi connectivity index (χ0) is 59.6. The van der Waals surface area contributed by atoms with E-state index in [1.807, 2.05) is 36.5 Å². The van der Waals surface area contributed by atoms with Crippen LogP contribution < -0.4 is 20.7 Å². The van der Waals surface area contributed by atoms with Crippen LogP contribution in [0.2, 0.25) is 0 Å². The molecule has 5 heterocycles. The topological polar surface area (TPSA) is 324 Å². The van der Waals surface area contributed by atoms with E-state index < -0.39 is 41.8 Å². The fourth-order valence-electron chi connectivity index (χ4n) is 10.0. The van der Waals surface area contributed by atoms with Gasteiger partial charge >= 0.3 is 5.97 Å². The maximum absolute atomic E-state index is 13.9. The molecular weight excluding hydrogens is 1110 g/mol. The molecule has 0 saturated carbocycles. The van der Waals surface area contributed by atoms with Gasteiger partial charge in [0.05, 0.1) is 110 Å². The lowest BCUT2D eigenvalue weighted by molar-refractivity contribution is -0.269. The van der Waals surface area contributed by atoms with E-state index >= 15 is 0 Å². The highest BCUT2D eigenvalue weighted by Gasteiger charge is 2.55. The summed E-state index contributed by atoms with van der Waals surface area (Å²) >= 11 is 0. The number of aromatic nitrogens is 3. The highest BCUT2D eigenvalue weighted by molar-refractivity contribution is 6.11. The van der Waals surface area contributed by atoms with E-state index in [0.29, 0.717) is 151 Å². The summed E-state index contributed by atoms with van der Waals surface area (Å²) in [4.78, 5) is 42.7. The number of anilines is 1. The van der Waals surface area contributed by atoms with Crippen LogP contribution in [0.1, 0.15) is 64.7 Å². The normalized spacial score (nSPS) is 19.7. The van der Waals surface area contributed by atoms with Crippen molar-refractivity contribution in [3.05, 3.63) is 126 Å². The van der Waals surface area contributed by atoms with E-state index in [4.69, 9.17) is 52.4 Å². The number of aliphatic hydroxyl groups is 3. The van der Waals surface area contributed by atoms with Crippen LogP contribution >= 0.6 is 0 Å². The number of rotatable bonds is 35. The number of fused-ring (bicyclic) bond motifs is 6. The molecule has 1 aromatic heterocycles. The molecule has 4 aromatic carbocycles. The number of amides is 2. The molecule has 0 aliphatic carbocycles. The number of nitrogens with one attached hydrogen (secondary N) is 3. The van der Waals surface area contributed by atoms with Crippen molar-refractivity contribution in [2.75, 3.05) is 111 Å². The van der Waals surface area contributed by atoms with Gasteiger partial charge < -0.3 is 88.9 Å². The molecule has 456 valence electrons. The number of aliphatic imine (C=N–C) groups is 1. The van der Waals surface area contributed by atoms with E-state index in [1.54, 1.807) is 28.9 Å². The van der Waals surface area contributed by atoms with Gasteiger partial charge in [-0.05, 0) is 67.3 Å². The largest absolute Gasteiger partial charge is 0.508 e. The maximum atomic E-state index is 13.9. The second-order valence-electron chi connectivity index (χ2n) is 20.4. The van der Waals surface area contributed by atoms with Gasteiger partial charge in [-0.3, -0.25) is 9.59 Å². The third-order valence-corrected chi connectivity index (χ3v) is 14.5. The first-order chi connectivity index (χ1) is 41.4. The minimum atomic E-state index is -1.43. The van der Waals surface area contributed by atoms with Gasteiger partial charge in [0, 0.05) is 72.4 Å². The number of unbranched alkanes of at least 4 members (excludes halogenated alkanes) is 1. The molecule has 0 bridgehead atoms. The Morgan fingerprint density at radius 2 is 1.35 bits per heavy atom. The summed E-state index contributed by atoms with van der Waals surface area (Å²) in [5.74, 6) is 0.0595. The third kappa shape index (κ3) is 15.9. The summed E-state index contributed by atoms with van der Waals surface area (Å²) in [7, 11) is 0. The van der Waals surface area contributed by atoms with Gasteiger partial charge in [-0.15, -0.1) is 5.10 Å². The highest BCUT2D eigenvalue weighted by Crippen LogP contribution is 2.57. The number of ether oxygens (including phenoxy) is 10. The van der Waals surface area contributed by atoms with E-state index in [1.165, 1.54) is 30.3 Å². The van der Waals surface area contributed by atoms with Crippen molar-refractivity contribution in [2.24, 2.45) is 4.99 Å². The number of phenols is 2. The van der Waals surface area contributed by atoms with Crippen LogP contribution in [0.3, 0.4) is 0 Å². The summed E-state index contributed by atoms with van der Waals surface area (Å²) in [5.41, 5.74) is 2.36. The highest BCUT2D eigenvalue weighted by atomic mass is 16.7. The monoisotopic (exact) mass is 1180 g/mol. The molecule has 25 heteroatoms. The van der Waals surface area contributed by atoms with Crippen LogP contribution in [0, 0.1) is 0 Å². The SMILES string of the molecule is C=CC(=O)NCCOCCOCCOCCOCCOCCOCCC(=O)NCCCC[C@@]1(n2cc(-c3ccc(CCO[C@@H]4O[C@H](CO)C(O)CC4O)cc3)nn2)N=C1Nc1ccc2c(c1)C(=O)OC21c2ccc(O)cc2Oc2cc(O)ccc21. The number of phenolic OH excluding ortho intramolecular Hbond substituents is 2. The molecule has 1 saturated heterocycles. The standard InChI is InChI=1S/C60H73N7O18/c1-2-54(73)62-19-22-77-24-26-79-28-30-81-32-31-80-29-27-78-25-23-76-20-16-55(74)61-18-4-3-17-59(67-37-48(65-66-67)40-7-5-39(6-8-40)15-21-82-57-50(72)36-49(71)53(38-68)84-57)58(64-59)63-41-9-12-45-44(33-41)56(75)85-60(45)46-13-10-42(69)34-51(46)83-52-35-43(70)11-14-47(52)60/h2,5-14,33-35,37,49-50,53,57,68-72H,1,3-4,15-32,36,38H2,(H,61,74)(H,62,73)(H,63,64)/t49?,50?,53-,57-,59+/m1/s1. The number of carbonyl (C=O) groups is 3. The van der Waals surface area contributed by atoms with Crippen molar-refractivity contribution in [1.29, 1.82) is 0 Å². The van der Waals surface area contributed by atoms with Gasteiger partial charge in [-0.2, -0.15) is 0 Å². The smallest absolute Gasteiger partial charge is 0.340 e. The summed E-state index contributed by atoms with van der Waals surface area (Å²) in [6.07, 6.45) is 1.71. The van der Waals surface area contributed by atoms with Crippen LogP contribution in [-0.2, 0) is 69.9 Å². The minimum Gasteiger partial charge on any atom is -0.508 e. The molecule has 25 nitrogen and oxygen atoms in total. The Balaban J connectivity index is 0.729. The number of aromatic hydroxyl groups is 2. The van der Waals surface area contributed by atoms with Crippen LogP contribution in [0.4, 0.5) is 5.69 Å². The van der Waals surface area contributed by atoms with E-state index in [2.05, 4.69) is 32.8 Å². The Morgan fingerprint density at radius 1 is 0.729 bits per heavy atom. The van der Waals surface area contributed by atoms with E-state index in [0.717, 1.165) is 11.1 Å². The molecule has 8 N–H and O–H groups in total. The fourth-order valence-corrected chi connectivity index (χ4v) is 10.0. The fraction of sp³-hybridized carbons (Fsp3) is 0.467. The van der Waals surface area contributed by atoms with Gasteiger partial charge in [-0.1, -0.05) is 42.1 Å². The number of nitrogens with zero attached hydrogens (tertiary/aromatic N) is 4. The molecule has 9 rings (SSSR count). The van der Waals surface area contributed by atoms with Gasteiger partial charge in [-0.25, -0.2) is 14.5 Å². The van der Waals surface area contributed by atoms with Crippen LogP contribution in [-0.4, -0.2) is 194 Å². The average Bonchev–Trinajstić information content (AvgIpc) is 2.06. The predicted octanol–water partition coefficient (Wildman–Crippen LogP) is 3.57. The van der Waals surface area contributed by atoms with Gasteiger partial charge in [0.25, 0.3) is 0 Å². The third-order valence-electron chi connectivity index (χ3n) is 14.5. The second kappa shape index (κ2) is 30.1. The van der Waals surface area contributed by atoms with Gasteiger partial charge in [0.2, 0.25) is 17.5 Å². The van der Waals surface area contributed by atoms with Crippen LogP contribution in [0.25, 0.3) is 11.3 Å². The first-order valence-corrected chi connectivity index (χ1v) is 28.4. The Labute approximate surface area is 490 Å². The van der Waals surface area contributed by atoms with Crippen molar-refractivity contribution in [3.8, 4) is 34.3 Å². The molecule has 1 fully saturated rings. The van der Waals surface area contributed by atoms with Crippen molar-refractivity contribution >= 4 is 29.3 Å². The summed E-state index contributed by atoms with van der Waals surface area (Å²) in [6.45, 7) is 8.70. The van der Waals surface area contributed by atoms with Gasteiger partial charge in [0.1, 0.15) is 40.9 Å². The Morgan fingerprint density at radius 3 is 1.99 bits per heavy atom. The number of carbonyl (C=O) groups excluding carboxylic acids is 3. The zero-order valence-corrected chi connectivity index (χ0v) is 47.1. The van der Waals surface area contributed by atoms with Crippen LogP contribution in [0.15, 0.2) is 103 Å². The molecular formula is C60H73N7O18. The first-order valence-electron chi connectivity index (χ1n) is 28.4. The molecule has 4 aliphatic rings. The predicted molar refractivity (Wildman–Crippen MR) is 304 cm³/mol. The lowest BCUT2D eigenvalue weighted by Crippen LogP contribution is -2.49. The van der Waals surface area contributed by atoms with Crippen molar-refractivity contribution in [1.82, 2.24) is 25.6 Å². The Hall–Kier alpha value is -7.40. The Bertz CT molecular complexity index is 3040. The summed E-state index contributed by atoms with van der Waals surface area (Å²) < 4.78 is 58.5. The van der Waals surface area contributed by atoms with Crippen molar-refractivity contribution in [2.45, 2.75) is 74.4 Å². The maximum Gasteiger partial charge on any atom is 0.340 e.